The van der Waals surface area contributed by atoms with E-state index in [2.05, 4.69) is 29.2 Å². The molecule has 2 aliphatic heterocycles. The van der Waals surface area contributed by atoms with Crippen LogP contribution in [0.25, 0.3) is 0 Å². The highest BCUT2D eigenvalue weighted by molar-refractivity contribution is 5.95. The fourth-order valence-corrected chi connectivity index (χ4v) is 4.15. The van der Waals surface area contributed by atoms with E-state index >= 15 is 0 Å². The molecule has 2 heterocycles. The molecule has 2 aliphatic rings. The lowest BCUT2D eigenvalue weighted by Crippen LogP contribution is -2.65. The molecule has 2 fully saturated rings. The average Bonchev–Trinajstić information content (AvgIpc) is 2.68. The molecule has 0 radical (unpaired) electrons. The molecule has 0 aliphatic carbocycles. The molecule has 148 valence electrons. The first-order valence-corrected chi connectivity index (χ1v) is 10.0. The molecular weight excluding hydrogens is 352 g/mol. The predicted molar refractivity (Wildman–Crippen MR) is 108 cm³/mol. The molecule has 2 atom stereocenters. The maximum absolute atomic E-state index is 13.2. The Labute approximate surface area is 166 Å². The second kappa shape index (κ2) is 8.33. The Kier molecular flexibility index (Phi) is 5.64. The van der Waals surface area contributed by atoms with Gasteiger partial charge in [-0.3, -0.25) is 9.69 Å². The summed E-state index contributed by atoms with van der Waals surface area (Å²) in [6, 6.07) is 18.2. The summed E-state index contributed by atoms with van der Waals surface area (Å²) in [6.45, 7) is 7.78. The van der Waals surface area contributed by atoms with Crippen molar-refractivity contribution in [3.05, 3.63) is 65.7 Å². The SMILES string of the molecule is CC(C)Oc1ccc(C(=O)N2[C@@H]3COC[C@H]2CN(Cc2ccccc2)C3)cc1. The van der Waals surface area contributed by atoms with Crippen LogP contribution in [0.4, 0.5) is 0 Å². The molecule has 0 unspecified atom stereocenters. The maximum atomic E-state index is 13.2. The van der Waals surface area contributed by atoms with Gasteiger partial charge in [-0.05, 0) is 43.7 Å². The summed E-state index contributed by atoms with van der Waals surface area (Å²) in [7, 11) is 0. The molecule has 2 saturated heterocycles. The summed E-state index contributed by atoms with van der Waals surface area (Å²) in [5, 5.41) is 0. The van der Waals surface area contributed by atoms with Crippen molar-refractivity contribution < 1.29 is 14.3 Å². The molecule has 0 spiro atoms. The van der Waals surface area contributed by atoms with Crippen molar-refractivity contribution in [3.63, 3.8) is 0 Å². The fourth-order valence-electron chi connectivity index (χ4n) is 4.15. The van der Waals surface area contributed by atoms with E-state index < -0.39 is 0 Å². The minimum Gasteiger partial charge on any atom is -0.491 e. The number of hydrogen-bond acceptors (Lipinski definition) is 4. The molecule has 2 aromatic rings. The van der Waals surface area contributed by atoms with Gasteiger partial charge in [-0.2, -0.15) is 0 Å². The first-order valence-electron chi connectivity index (χ1n) is 10.0. The summed E-state index contributed by atoms with van der Waals surface area (Å²) in [5.41, 5.74) is 2.02. The number of benzene rings is 2. The molecule has 0 aromatic heterocycles. The number of carbonyl (C=O) groups excluding carboxylic acids is 1. The number of carbonyl (C=O) groups is 1. The van der Waals surface area contributed by atoms with Crippen LogP contribution < -0.4 is 4.74 Å². The van der Waals surface area contributed by atoms with Gasteiger partial charge in [0.2, 0.25) is 0 Å². The summed E-state index contributed by atoms with van der Waals surface area (Å²) in [6.07, 6.45) is 0.121. The Hall–Kier alpha value is -2.37. The van der Waals surface area contributed by atoms with E-state index in [0.29, 0.717) is 18.8 Å². The van der Waals surface area contributed by atoms with Crippen LogP contribution >= 0.6 is 0 Å². The Bertz CT molecular complexity index is 777. The minimum atomic E-state index is 0.0914. The van der Waals surface area contributed by atoms with Crippen LogP contribution in [0.15, 0.2) is 54.6 Å². The smallest absolute Gasteiger partial charge is 0.254 e. The van der Waals surface area contributed by atoms with Crippen LogP contribution in [0, 0.1) is 0 Å². The standard InChI is InChI=1S/C23H28N2O3/c1-17(2)28-22-10-8-19(9-11-22)23(26)25-20-13-24(14-21(25)16-27-15-20)12-18-6-4-3-5-7-18/h3-11,17,20-21H,12-16H2,1-2H3/t20-,21+. The van der Waals surface area contributed by atoms with Crippen molar-refractivity contribution in [1.82, 2.24) is 9.80 Å². The van der Waals surface area contributed by atoms with Crippen LogP contribution in [0.5, 0.6) is 5.75 Å². The highest BCUT2D eigenvalue weighted by Gasteiger charge is 2.41. The minimum absolute atomic E-state index is 0.0914. The fraction of sp³-hybridized carbons (Fsp3) is 0.435. The van der Waals surface area contributed by atoms with Gasteiger partial charge in [0.15, 0.2) is 0 Å². The number of amides is 1. The van der Waals surface area contributed by atoms with Gasteiger partial charge in [-0.25, -0.2) is 0 Å². The largest absolute Gasteiger partial charge is 0.491 e. The van der Waals surface area contributed by atoms with Crippen LogP contribution in [0.3, 0.4) is 0 Å². The molecule has 2 bridgehead atoms. The number of ether oxygens (including phenoxy) is 2. The lowest BCUT2D eigenvalue weighted by atomic mass is 10.0. The van der Waals surface area contributed by atoms with Crippen LogP contribution in [0.2, 0.25) is 0 Å². The molecule has 5 nitrogen and oxygen atoms in total. The molecule has 0 N–H and O–H groups in total. The third-order valence-corrected chi connectivity index (χ3v) is 5.30. The predicted octanol–water partition coefficient (Wildman–Crippen LogP) is 3.20. The van der Waals surface area contributed by atoms with E-state index in [1.165, 1.54) is 5.56 Å². The summed E-state index contributed by atoms with van der Waals surface area (Å²) in [5.74, 6) is 0.886. The van der Waals surface area contributed by atoms with E-state index in [0.717, 1.165) is 25.4 Å². The van der Waals surface area contributed by atoms with Gasteiger partial charge >= 0.3 is 0 Å². The lowest BCUT2D eigenvalue weighted by Gasteiger charge is -2.49. The average molecular weight is 380 g/mol. The number of piperazine rings is 1. The van der Waals surface area contributed by atoms with E-state index in [1.54, 1.807) is 0 Å². The Balaban J connectivity index is 1.45. The maximum Gasteiger partial charge on any atom is 0.254 e. The van der Waals surface area contributed by atoms with Crippen LogP contribution in [-0.2, 0) is 11.3 Å². The summed E-state index contributed by atoms with van der Waals surface area (Å²) < 4.78 is 11.5. The van der Waals surface area contributed by atoms with E-state index in [9.17, 15) is 4.79 Å². The van der Waals surface area contributed by atoms with Crippen LogP contribution in [-0.4, -0.2) is 60.2 Å². The van der Waals surface area contributed by atoms with Gasteiger partial charge in [0.25, 0.3) is 5.91 Å². The third kappa shape index (κ3) is 4.21. The second-order valence-corrected chi connectivity index (χ2v) is 7.93. The van der Waals surface area contributed by atoms with Gasteiger partial charge in [0.05, 0.1) is 31.4 Å². The molecule has 2 aromatic carbocycles. The van der Waals surface area contributed by atoms with Crippen molar-refractivity contribution >= 4 is 5.91 Å². The Morgan fingerprint density at radius 2 is 1.68 bits per heavy atom. The highest BCUT2D eigenvalue weighted by atomic mass is 16.5. The van der Waals surface area contributed by atoms with Crippen LogP contribution in [0.1, 0.15) is 29.8 Å². The van der Waals surface area contributed by atoms with Crippen molar-refractivity contribution in [2.45, 2.75) is 38.6 Å². The molecule has 0 saturated carbocycles. The van der Waals surface area contributed by atoms with Crippen molar-refractivity contribution in [1.29, 1.82) is 0 Å². The first kappa shape index (κ1) is 19.0. The number of fused-ring (bicyclic) bond motifs is 2. The Morgan fingerprint density at radius 3 is 2.29 bits per heavy atom. The summed E-state index contributed by atoms with van der Waals surface area (Å²) >= 11 is 0. The Morgan fingerprint density at radius 1 is 1.04 bits per heavy atom. The molecule has 28 heavy (non-hydrogen) atoms. The third-order valence-electron chi connectivity index (χ3n) is 5.30. The normalized spacial score (nSPS) is 22.3. The topological polar surface area (TPSA) is 42.0 Å². The van der Waals surface area contributed by atoms with Gasteiger partial charge in [-0.15, -0.1) is 0 Å². The van der Waals surface area contributed by atoms with E-state index in [1.807, 2.05) is 49.1 Å². The zero-order chi connectivity index (χ0) is 19.5. The van der Waals surface area contributed by atoms with Gasteiger partial charge in [0.1, 0.15) is 5.75 Å². The van der Waals surface area contributed by atoms with Crippen molar-refractivity contribution in [2.24, 2.45) is 0 Å². The number of nitrogens with zero attached hydrogens (tertiary/aromatic N) is 2. The number of hydrogen-bond donors (Lipinski definition) is 0. The zero-order valence-corrected chi connectivity index (χ0v) is 16.6. The number of morpholine rings is 1. The monoisotopic (exact) mass is 380 g/mol. The van der Waals surface area contributed by atoms with E-state index in [-0.39, 0.29) is 24.1 Å². The van der Waals surface area contributed by atoms with Gasteiger partial charge in [-0.1, -0.05) is 30.3 Å². The molecular formula is C23H28N2O3. The van der Waals surface area contributed by atoms with E-state index in [4.69, 9.17) is 9.47 Å². The quantitative estimate of drug-likeness (QED) is 0.799. The second-order valence-electron chi connectivity index (χ2n) is 7.93. The lowest BCUT2D eigenvalue weighted by molar-refractivity contribution is -0.0814. The summed E-state index contributed by atoms with van der Waals surface area (Å²) in [4.78, 5) is 17.7. The first-order chi connectivity index (χ1) is 13.6. The molecule has 5 heteroatoms. The van der Waals surface area contributed by atoms with Gasteiger partial charge < -0.3 is 14.4 Å². The van der Waals surface area contributed by atoms with Crippen molar-refractivity contribution in [2.75, 3.05) is 26.3 Å². The van der Waals surface area contributed by atoms with Crippen molar-refractivity contribution in [3.8, 4) is 5.75 Å². The highest BCUT2D eigenvalue weighted by Crippen LogP contribution is 2.25. The number of rotatable bonds is 5. The molecule has 4 rings (SSSR count). The zero-order valence-electron chi connectivity index (χ0n) is 16.6. The van der Waals surface area contributed by atoms with Gasteiger partial charge in [0, 0.05) is 25.2 Å². The molecule has 1 amide bonds.